The lowest BCUT2D eigenvalue weighted by atomic mass is 10.2. The first-order valence-electron chi connectivity index (χ1n) is 7.38. The van der Waals surface area contributed by atoms with Gasteiger partial charge in [-0.15, -0.1) is 12.3 Å². The molecular formula is C16H19ClN4O2. The van der Waals surface area contributed by atoms with Gasteiger partial charge in [-0.2, -0.15) is 5.10 Å². The maximum Gasteiger partial charge on any atom is 0.265 e. The monoisotopic (exact) mass is 334 g/mol. The second-order valence-corrected chi connectivity index (χ2v) is 5.64. The van der Waals surface area contributed by atoms with Crippen molar-refractivity contribution in [2.24, 2.45) is 7.05 Å². The number of nitrogens with zero attached hydrogens (tertiary/aromatic N) is 4. The van der Waals surface area contributed by atoms with E-state index in [1.165, 1.54) is 16.1 Å². The van der Waals surface area contributed by atoms with Crippen LogP contribution in [-0.4, -0.2) is 44.7 Å². The summed E-state index contributed by atoms with van der Waals surface area (Å²) in [4.78, 5) is 24.5. The minimum Gasteiger partial charge on any atom is -0.273 e. The summed E-state index contributed by atoms with van der Waals surface area (Å²) < 4.78 is 1.55. The number of hydrogen-bond donors (Lipinski definition) is 0. The molecule has 0 N–H and O–H groups in total. The molecule has 0 saturated carbocycles. The van der Waals surface area contributed by atoms with E-state index in [2.05, 4.69) is 11.0 Å². The van der Waals surface area contributed by atoms with Crippen molar-refractivity contribution in [3.05, 3.63) is 22.5 Å². The topological polar surface area (TPSA) is 58.4 Å². The second kappa shape index (κ2) is 7.34. The molecule has 0 radical (unpaired) electrons. The van der Waals surface area contributed by atoms with Crippen molar-refractivity contribution in [2.45, 2.75) is 26.2 Å². The molecule has 6 nitrogen and oxygen atoms in total. The molecule has 1 aromatic heterocycles. The predicted molar refractivity (Wildman–Crippen MR) is 88.1 cm³/mol. The molecular weight excluding hydrogens is 316 g/mol. The van der Waals surface area contributed by atoms with Gasteiger partial charge in [0.05, 0.1) is 5.69 Å². The van der Waals surface area contributed by atoms with Gasteiger partial charge in [0.1, 0.15) is 5.15 Å². The molecule has 2 heterocycles. The molecule has 1 aliphatic heterocycles. The third-order valence-corrected chi connectivity index (χ3v) is 4.09. The summed E-state index contributed by atoms with van der Waals surface area (Å²) in [7, 11) is 1.74. The average Bonchev–Trinajstić information content (AvgIpc) is 3.09. The molecule has 7 heteroatoms. The first-order chi connectivity index (χ1) is 11.0. The van der Waals surface area contributed by atoms with Crippen LogP contribution in [0.25, 0.3) is 6.08 Å². The number of hydrazine groups is 1. The summed E-state index contributed by atoms with van der Waals surface area (Å²) in [5.41, 5.74) is 1.44. The zero-order chi connectivity index (χ0) is 17.0. The van der Waals surface area contributed by atoms with Crippen LogP contribution in [0.5, 0.6) is 0 Å². The Balaban J connectivity index is 2.09. The van der Waals surface area contributed by atoms with E-state index >= 15 is 0 Å². The zero-order valence-corrected chi connectivity index (χ0v) is 14.0. The molecule has 122 valence electrons. The Morgan fingerprint density at radius 1 is 1.39 bits per heavy atom. The molecule has 1 aliphatic rings. The van der Waals surface area contributed by atoms with E-state index in [-0.39, 0.29) is 18.2 Å². The molecule has 1 saturated heterocycles. The van der Waals surface area contributed by atoms with Crippen LogP contribution >= 0.6 is 11.6 Å². The van der Waals surface area contributed by atoms with Crippen LogP contribution in [-0.2, 0) is 16.6 Å². The molecule has 0 unspecified atom stereocenters. The highest BCUT2D eigenvalue weighted by Gasteiger charge is 2.28. The minimum absolute atomic E-state index is 0.127. The van der Waals surface area contributed by atoms with E-state index in [4.69, 9.17) is 18.0 Å². The van der Waals surface area contributed by atoms with Gasteiger partial charge in [-0.25, -0.2) is 5.01 Å². The van der Waals surface area contributed by atoms with Gasteiger partial charge in [-0.3, -0.25) is 19.3 Å². The maximum atomic E-state index is 12.4. The molecule has 0 atom stereocenters. The van der Waals surface area contributed by atoms with Crippen LogP contribution in [0.3, 0.4) is 0 Å². The highest BCUT2D eigenvalue weighted by Crippen LogP contribution is 2.21. The number of amides is 2. The second-order valence-electron chi connectivity index (χ2n) is 5.28. The van der Waals surface area contributed by atoms with Crippen molar-refractivity contribution >= 4 is 29.5 Å². The molecule has 0 aliphatic carbocycles. The summed E-state index contributed by atoms with van der Waals surface area (Å²) in [5, 5.41) is 7.58. The van der Waals surface area contributed by atoms with E-state index in [1.54, 1.807) is 17.8 Å². The van der Waals surface area contributed by atoms with Crippen molar-refractivity contribution in [3.63, 3.8) is 0 Å². The average molecular weight is 335 g/mol. The Morgan fingerprint density at radius 3 is 2.70 bits per heavy atom. The fourth-order valence-corrected chi connectivity index (χ4v) is 2.72. The van der Waals surface area contributed by atoms with Crippen LogP contribution in [0.2, 0.25) is 5.15 Å². The number of halogens is 1. The Labute approximate surface area is 140 Å². The largest absolute Gasteiger partial charge is 0.273 e. The van der Waals surface area contributed by atoms with E-state index in [1.807, 2.05) is 6.92 Å². The van der Waals surface area contributed by atoms with Crippen LogP contribution < -0.4 is 0 Å². The Morgan fingerprint density at radius 2 is 2.09 bits per heavy atom. The van der Waals surface area contributed by atoms with E-state index in [0.717, 1.165) is 12.1 Å². The fourth-order valence-electron chi connectivity index (χ4n) is 2.48. The minimum atomic E-state index is -0.254. The third-order valence-electron chi connectivity index (χ3n) is 3.65. The summed E-state index contributed by atoms with van der Waals surface area (Å²) in [5.74, 6) is 2.06. The van der Waals surface area contributed by atoms with Gasteiger partial charge < -0.3 is 0 Å². The van der Waals surface area contributed by atoms with Gasteiger partial charge in [0.15, 0.2) is 0 Å². The molecule has 2 amide bonds. The number of aryl methyl sites for hydroxylation is 2. The van der Waals surface area contributed by atoms with Gasteiger partial charge in [0, 0.05) is 44.6 Å². The van der Waals surface area contributed by atoms with Crippen molar-refractivity contribution in [1.29, 1.82) is 0 Å². The van der Waals surface area contributed by atoms with Crippen molar-refractivity contribution in [1.82, 2.24) is 19.8 Å². The quantitative estimate of drug-likeness (QED) is 0.623. The van der Waals surface area contributed by atoms with Crippen molar-refractivity contribution in [3.8, 4) is 12.3 Å². The molecule has 2 rings (SSSR count). The number of aromatic nitrogens is 2. The Bertz CT molecular complexity index is 687. The fraction of sp³-hybridized carbons (Fsp3) is 0.438. The third kappa shape index (κ3) is 3.74. The van der Waals surface area contributed by atoms with Gasteiger partial charge >= 0.3 is 0 Å². The maximum absolute atomic E-state index is 12.4. The summed E-state index contributed by atoms with van der Waals surface area (Å²) in [6, 6.07) is 0. The number of rotatable bonds is 4. The van der Waals surface area contributed by atoms with Crippen LogP contribution in [0.4, 0.5) is 0 Å². The number of hydrogen-bond acceptors (Lipinski definition) is 3. The summed E-state index contributed by atoms with van der Waals surface area (Å²) in [6.07, 6.45) is 9.61. The number of carbonyl (C=O) groups excluding carboxylic acids is 2. The standard InChI is InChI=1S/C16H19ClN4O2/c1-4-5-7-14(22)20-10-6-11-21(20)15(23)9-8-13-12(2)18-19(3)16(13)17/h1,8-9H,5-7,10-11H2,2-3H3. The lowest BCUT2D eigenvalue weighted by Crippen LogP contribution is -2.44. The highest BCUT2D eigenvalue weighted by atomic mass is 35.5. The first kappa shape index (κ1) is 17.1. The van der Waals surface area contributed by atoms with E-state index in [0.29, 0.717) is 30.2 Å². The summed E-state index contributed by atoms with van der Waals surface area (Å²) in [6.45, 7) is 2.88. The van der Waals surface area contributed by atoms with Gasteiger partial charge in [-0.05, 0) is 19.4 Å². The first-order valence-corrected chi connectivity index (χ1v) is 7.76. The van der Waals surface area contributed by atoms with E-state index in [9.17, 15) is 9.59 Å². The molecule has 0 spiro atoms. The van der Waals surface area contributed by atoms with Gasteiger partial charge in [0.25, 0.3) is 5.91 Å². The Hall–Kier alpha value is -2.26. The SMILES string of the molecule is C#CCCC(=O)N1CCCN1C(=O)C=Cc1c(C)nn(C)c1Cl. The summed E-state index contributed by atoms with van der Waals surface area (Å²) >= 11 is 6.13. The van der Waals surface area contributed by atoms with Crippen molar-refractivity contribution < 1.29 is 9.59 Å². The molecule has 1 aromatic rings. The van der Waals surface area contributed by atoms with Gasteiger partial charge in [-0.1, -0.05) is 11.6 Å². The smallest absolute Gasteiger partial charge is 0.265 e. The van der Waals surface area contributed by atoms with Crippen LogP contribution in [0, 0.1) is 19.3 Å². The highest BCUT2D eigenvalue weighted by molar-refractivity contribution is 6.31. The Kier molecular flexibility index (Phi) is 5.45. The lowest BCUT2D eigenvalue weighted by molar-refractivity contribution is -0.154. The molecule has 1 fully saturated rings. The van der Waals surface area contributed by atoms with Gasteiger partial charge in [0.2, 0.25) is 5.91 Å². The predicted octanol–water partition coefficient (Wildman–Crippen LogP) is 1.78. The number of terminal acetylenes is 1. The molecule has 23 heavy (non-hydrogen) atoms. The van der Waals surface area contributed by atoms with Crippen molar-refractivity contribution in [2.75, 3.05) is 13.1 Å². The normalized spacial score (nSPS) is 14.5. The van der Waals surface area contributed by atoms with Crippen LogP contribution in [0.1, 0.15) is 30.5 Å². The van der Waals surface area contributed by atoms with Crippen LogP contribution in [0.15, 0.2) is 6.08 Å². The lowest BCUT2D eigenvalue weighted by Gasteiger charge is -2.26. The molecule has 0 bridgehead atoms. The van der Waals surface area contributed by atoms with E-state index < -0.39 is 0 Å². The molecule has 0 aromatic carbocycles. The zero-order valence-electron chi connectivity index (χ0n) is 13.3. The number of carbonyl (C=O) groups is 2.